The molecule has 2 aromatic carbocycles. The molecular formula is C20H21ClN2O2. The van der Waals surface area contributed by atoms with Crippen LogP contribution in [-0.2, 0) is 17.6 Å². The van der Waals surface area contributed by atoms with E-state index in [1.54, 1.807) is 11.6 Å². The van der Waals surface area contributed by atoms with Gasteiger partial charge in [-0.3, -0.25) is 10.0 Å². The maximum Gasteiger partial charge on any atom is 0.267 e. The van der Waals surface area contributed by atoms with Crippen LogP contribution < -0.4 is 10.8 Å². The SMILES string of the molecule is O=C(/C=C/c1ccc2c(c1)CCC2NCCc1ccccc1Cl)NO. The lowest BCUT2D eigenvalue weighted by atomic mass is 10.0. The Morgan fingerprint density at radius 2 is 2.12 bits per heavy atom. The van der Waals surface area contributed by atoms with Crippen LogP contribution in [0.15, 0.2) is 48.5 Å². The van der Waals surface area contributed by atoms with E-state index >= 15 is 0 Å². The van der Waals surface area contributed by atoms with E-state index in [0.717, 1.165) is 42.0 Å². The second kappa shape index (κ2) is 8.30. The van der Waals surface area contributed by atoms with Gasteiger partial charge in [0.1, 0.15) is 0 Å². The fourth-order valence-electron chi connectivity index (χ4n) is 3.24. The van der Waals surface area contributed by atoms with Crippen molar-refractivity contribution in [1.82, 2.24) is 10.8 Å². The summed E-state index contributed by atoms with van der Waals surface area (Å²) in [4.78, 5) is 11.1. The first-order valence-electron chi connectivity index (χ1n) is 8.39. The van der Waals surface area contributed by atoms with Gasteiger partial charge in [-0.05, 0) is 60.2 Å². The summed E-state index contributed by atoms with van der Waals surface area (Å²) in [6.45, 7) is 0.881. The average Bonchev–Trinajstić information content (AvgIpc) is 3.03. The number of nitrogens with one attached hydrogen (secondary N) is 2. The van der Waals surface area contributed by atoms with Gasteiger partial charge in [0.15, 0.2) is 0 Å². The molecule has 1 aliphatic rings. The van der Waals surface area contributed by atoms with Crippen molar-refractivity contribution in [3.63, 3.8) is 0 Å². The molecule has 1 amide bonds. The van der Waals surface area contributed by atoms with Crippen molar-refractivity contribution in [3.05, 3.63) is 75.8 Å². The number of halogens is 1. The molecule has 0 aliphatic heterocycles. The third-order valence-electron chi connectivity index (χ3n) is 4.53. The molecule has 0 heterocycles. The van der Waals surface area contributed by atoms with Crippen LogP contribution in [0.25, 0.3) is 6.08 Å². The maximum atomic E-state index is 11.1. The Hall–Kier alpha value is -2.14. The summed E-state index contributed by atoms with van der Waals surface area (Å²) in [7, 11) is 0. The van der Waals surface area contributed by atoms with Crippen molar-refractivity contribution >= 4 is 23.6 Å². The molecule has 0 fully saturated rings. The second-order valence-electron chi connectivity index (χ2n) is 6.15. The van der Waals surface area contributed by atoms with Gasteiger partial charge >= 0.3 is 0 Å². The maximum absolute atomic E-state index is 11.1. The van der Waals surface area contributed by atoms with E-state index < -0.39 is 5.91 Å². The van der Waals surface area contributed by atoms with E-state index in [4.69, 9.17) is 16.8 Å². The van der Waals surface area contributed by atoms with Crippen LogP contribution in [-0.4, -0.2) is 17.7 Å². The van der Waals surface area contributed by atoms with Crippen LogP contribution in [0.5, 0.6) is 0 Å². The van der Waals surface area contributed by atoms with E-state index in [9.17, 15) is 4.79 Å². The largest absolute Gasteiger partial charge is 0.310 e. The van der Waals surface area contributed by atoms with E-state index in [1.165, 1.54) is 17.2 Å². The summed E-state index contributed by atoms with van der Waals surface area (Å²) in [6, 6.07) is 14.5. The molecule has 0 saturated carbocycles. The molecular weight excluding hydrogens is 336 g/mol. The highest BCUT2D eigenvalue weighted by Gasteiger charge is 2.21. The Balaban J connectivity index is 1.59. The summed E-state index contributed by atoms with van der Waals surface area (Å²) in [6.07, 6.45) is 6.01. The fraction of sp³-hybridized carbons (Fsp3) is 0.250. The van der Waals surface area contributed by atoms with Gasteiger partial charge in [0, 0.05) is 17.1 Å². The van der Waals surface area contributed by atoms with Crippen LogP contribution in [0.4, 0.5) is 0 Å². The molecule has 0 bridgehead atoms. The number of fused-ring (bicyclic) bond motifs is 1. The zero-order valence-corrected chi connectivity index (χ0v) is 14.6. The Labute approximate surface area is 152 Å². The minimum atomic E-state index is -0.528. The predicted octanol–water partition coefficient (Wildman–Crippen LogP) is 3.68. The molecule has 0 aromatic heterocycles. The first-order valence-corrected chi connectivity index (χ1v) is 8.77. The molecule has 0 saturated heterocycles. The third-order valence-corrected chi connectivity index (χ3v) is 4.89. The number of benzene rings is 2. The fourth-order valence-corrected chi connectivity index (χ4v) is 3.47. The quantitative estimate of drug-likeness (QED) is 0.420. The number of hydrogen-bond donors (Lipinski definition) is 3. The highest BCUT2D eigenvalue weighted by Crippen LogP contribution is 2.32. The number of rotatable bonds is 6. The smallest absolute Gasteiger partial charge is 0.267 e. The zero-order chi connectivity index (χ0) is 17.6. The molecule has 3 rings (SSSR count). The lowest BCUT2D eigenvalue weighted by Crippen LogP contribution is -2.22. The molecule has 1 atom stereocenters. The second-order valence-corrected chi connectivity index (χ2v) is 6.56. The van der Waals surface area contributed by atoms with Gasteiger partial charge in [0.25, 0.3) is 5.91 Å². The molecule has 130 valence electrons. The highest BCUT2D eigenvalue weighted by atomic mass is 35.5. The van der Waals surface area contributed by atoms with Gasteiger partial charge in [-0.2, -0.15) is 0 Å². The van der Waals surface area contributed by atoms with Crippen LogP contribution in [0.2, 0.25) is 5.02 Å². The number of amides is 1. The van der Waals surface area contributed by atoms with Gasteiger partial charge in [-0.1, -0.05) is 48.0 Å². The van der Waals surface area contributed by atoms with Gasteiger partial charge < -0.3 is 5.32 Å². The first-order chi connectivity index (χ1) is 12.2. The highest BCUT2D eigenvalue weighted by molar-refractivity contribution is 6.31. The molecule has 3 N–H and O–H groups in total. The topological polar surface area (TPSA) is 61.4 Å². The van der Waals surface area contributed by atoms with Crippen molar-refractivity contribution in [2.24, 2.45) is 0 Å². The summed E-state index contributed by atoms with van der Waals surface area (Å²) >= 11 is 6.20. The predicted molar refractivity (Wildman–Crippen MR) is 99.6 cm³/mol. The van der Waals surface area contributed by atoms with Gasteiger partial charge in [0.05, 0.1) is 0 Å². The van der Waals surface area contributed by atoms with Crippen LogP contribution in [0.1, 0.15) is 34.7 Å². The molecule has 2 aromatic rings. The van der Waals surface area contributed by atoms with Gasteiger partial charge in [-0.15, -0.1) is 0 Å². The normalized spacial score (nSPS) is 16.2. The Morgan fingerprint density at radius 3 is 2.92 bits per heavy atom. The molecule has 0 radical (unpaired) electrons. The van der Waals surface area contributed by atoms with Crippen molar-refractivity contribution < 1.29 is 10.0 Å². The molecule has 4 nitrogen and oxygen atoms in total. The minimum absolute atomic E-state index is 0.358. The van der Waals surface area contributed by atoms with Crippen molar-refractivity contribution in [2.45, 2.75) is 25.3 Å². The zero-order valence-electron chi connectivity index (χ0n) is 13.8. The Morgan fingerprint density at radius 1 is 1.28 bits per heavy atom. The Kier molecular flexibility index (Phi) is 5.87. The number of aryl methyl sites for hydroxylation is 1. The van der Waals surface area contributed by atoms with Crippen LogP contribution in [0.3, 0.4) is 0 Å². The average molecular weight is 357 g/mol. The summed E-state index contributed by atoms with van der Waals surface area (Å²) < 4.78 is 0. The van der Waals surface area contributed by atoms with Gasteiger partial charge in [-0.25, -0.2) is 5.48 Å². The van der Waals surface area contributed by atoms with Crippen molar-refractivity contribution in [3.8, 4) is 0 Å². The molecule has 1 unspecified atom stereocenters. The van der Waals surface area contributed by atoms with E-state index in [-0.39, 0.29) is 0 Å². The van der Waals surface area contributed by atoms with Crippen LogP contribution in [0, 0.1) is 0 Å². The summed E-state index contributed by atoms with van der Waals surface area (Å²) in [5.41, 5.74) is 6.34. The van der Waals surface area contributed by atoms with Gasteiger partial charge in [0.2, 0.25) is 0 Å². The van der Waals surface area contributed by atoms with Crippen molar-refractivity contribution in [1.29, 1.82) is 0 Å². The summed E-state index contributed by atoms with van der Waals surface area (Å²) in [5.74, 6) is -0.528. The standard InChI is InChI=1S/C20H21ClN2O2/c21-18-4-2-1-3-15(18)11-12-22-19-9-7-16-13-14(5-8-17(16)19)6-10-20(24)23-25/h1-6,8,10,13,19,22,25H,7,9,11-12H2,(H,23,24)/b10-6+. The minimum Gasteiger partial charge on any atom is -0.310 e. The first kappa shape index (κ1) is 17.7. The molecule has 1 aliphatic carbocycles. The van der Waals surface area contributed by atoms with E-state index in [2.05, 4.69) is 23.5 Å². The summed E-state index contributed by atoms with van der Waals surface area (Å²) in [5, 5.41) is 13.0. The number of hydroxylamine groups is 1. The van der Waals surface area contributed by atoms with E-state index in [1.807, 2.05) is 24.3 Å². The molecule has 25 heavy (non-hydrogen) atoms. The molecule has 0 spiro atoms. The lowest BCUT2D eigenvalue weighted by molar-refractivity contribution is -0.124. The number of hydrogen-bond acceptors (Lipinski definition) is 3. The van der Waals surface area contributed by atoms with E-state index in [0.29, 0.717) is 6.04 Å². The third kappa shape index (κ3) is 4.48. The van der Waals surface area contributed by atoms with Crippen molar-refractivity contribution in [2.75, 3.05) is 6.54 Å². The monoisotopic (exact) mass is 356 g/mol. The number of carbonyl (C=O) groups excluding carboxylic acids is 1. The van der Waals surface area contributed by atoms with Crippen LogP contribution >= 0.6 is 11.6 Å². The molecule has 5 heteroatoms. The number of carbonyl (C=O) groups is 1. The lowest BCUT2D eigenvalue weighted by Gasteiger charge is -2.14. The Bertz CT molecular complexity index is 789.